The van der Waals surface area contributed by atoms with Gasteiger partial charge >= 0.3 is 0 Å². The molecule has 0 spiro atoms. The minimum absolute atomic E-state index is 0. The van der Waals surface area contributed by atoms with Crippen LogP contribution in [0.15, 0.2) is 41.5 Å². The quantitative estimate of drug-likeness (QED) is 0.369. The molecule has 0 radical (unpaired) electrons. The Morgan fingerprint density at radius 2 is 1.96 bits per heavy atom. The summed E-state index contributed by atoms with van der Waals surface area (Å²) in [5.41, 5.74) is 1.35. The summed E-state index contributed by atoms with van der Waals surface area (Å²) >= 11 is 1.71. The molecule has 0 bridgehead atoms. The highest BCUT2D eigenvalue weighted by Crippen LogP contribution is 2.10. The van der Waals surface area contributed by atoms with E-state index < -0.39 is 0 Å². The Bertz CT molecular complexity index is 642. The number of aryl methyl sites for hydroxylation is 1. The van der Waals surface area contributed by atoms with Crippen molar-refractivity contribution in [2.75, 3.05) is 27.7 Å². The number of aromatic nitrogens is 1. The zero-order chi connectivity index (χ0) is 17.4. The summed E-state index contributed by atoms with van der Waals surface area (Å²) in [6.45, 7) is 3.60. The minimum Gasteiger partial charge on any atom is -0.355 e. The summed E-state index contributed by atoms with van der Waals surface area (Å²) in [6.07, 6.45) is 2.91. The van der Waals surface area contributed by atoms with E-state index in [4.69, 9.17) is 0 Å². The van der Waals surface area contributed by atoms with Crippen LogP contribution in [-0.4, -0.2) is 49.6 Å². The van der Waals surface area contributed by atoms with E-state index in [1.54, 1.807) is 18.4 Å². The normalized spacial score (nSPS) is 12.6. The monoisotopic (exact) mass is 473 g/mol. The lowest BCUT2D eigenvalue weighted by Crippen LogP contribution is -2.45. The highest BCUT2D eigenvalue weighted by Gasteiger charge is 2.13. The maximum absolute atomic E-state index is 4.37. The van der Waals surface area contributed by atoms with Crippen molar-refractivity contribution < 1.29 is 0 Å². The van der Waals surface area contributed by atoms with Crippen molar-refractivity contribution in [3.05, 3.63) is 52.0 Å². The molecule has 0 aliphatic carbocycles. The van der Waals surface area contributed by atoms with Gasteiger partial charge in [0.2, 0.25) is 0 Å². The van der Waals surface area contributed by atoms with Crippen LogP contribution in [0.2, 0.25) is 0 Å². The third-order valence-electron chi connectivity index (χ3n) is 3.85. The van der Waals surface area contributed by atoms with Crippen LogP contribution in [0.1, 0.15) is 15.4 Å². The lowest BCUT2D eigenvalue weighted by Gasteiger charge is -2.25. The van der Waals surface area contributed by atoms with Gasteiger partial charge in [0, 0.05) is 30.7 Å². The maximum Gasteiger partial charge on any atom is 0.191 e. The van der Waals surface area contributed by atoms with Crippen LogP contribution in [0.5, 0.6) is 0 Å². The number of halogens is 1. The fourth-order valence-electron chi connectivity index (χ4n) is 2.40. The summed E-state index contributed by atoms with van der Waals surface area (Å²) in [5, 5.41) is 7.82. The first kappa shape index (κ1) is 21.9. The number of guanidine groups is 1. The predicted molar refractivity (Wildman–Crippen MR) is 118 cm³/mol. The molecule has 1 aromatic heterocycles. The van der Waals surface area contributed by atoms with E-state index in [-0.39, 0.29) is 24.0 Å². The molecule has 7 heteroatoms. The Morgan fingerprint density at radius 1 is 1.24 bits per heavy atom. The van der Waals surface area contributed by atoms with E-state index in [0.717, 1.165) is 23.9 Å². The zero-order valence-electron chi connectivity index (χ0n) is 15.3. The first-order valence-corrected chi connectivity index (χ1v) is 8.96. The standard InChI is InChI=1S/C18H27N5S.HI/c1-14-11-20-17(24-14)13-22-18(19-2)21-12-16(23(3)4)10-15-8-6-5-7-9-15;/h5-9,11,16H,10,12-13H2,1-4H3,(H2,19,21,22);1H. The lowest BCUT2D eigenvalue weighted by molar-refractivity contribution is 0.290. The van der Waals surface area contributed by atoms with Crippen LogP contribution in [0.3, 0.4) is 0 Å². The van der Waals surface area contributed by atoms with E-state index in [1.807, 2.05) is 6.20 Å². The van der Waals surface area contributed by atoms with Gasteiger partial charge in [-0.1, -0.05) is 30.3 Å². The summed E-state index contributed by atoms with van der Waals surface area (Å²) in [6, 6.07) is 11.0. The van der Waals surface area contributed by atoms with Crippen LogP contribution in [-0.2, 0) is 13.0 Å². The van der Waals surface area contributed by atoms with Gasteiger partial charge in [0.15, 0.2) is 5.96 Å². The average molecular weight is 473 g/mol. The maximum atomic E-state index is 4.37. The fourth-order valence-corrected chi connectivity index (χ4v) is 3.13. The third kappa shape index (κ3) is 7.70. The molecule has 2 aromatic rings. The molecular weight excluding hydrogens is 445 g/mol. The molecule has 1 aromatic carbocycles. The Morgan fingerprint density at radius 3 is 2.52 bits per heavy atom. The molecular formula is C18H28IN5S. The van der Waals surface area contributed by atoms with Crippen molar-refractivity contribution in [2.45, 2.75) is 25.9 Å². The number of nitrogens with zero attached hydrogens (tertiary/aromatic N) is 3. The topological polar surface area (TPSA) is 52.6 Å². The summed E-state index contributed by atoms with van der Waals surface area (Å²) in [7, 11) is 6.03. The molecule has 1 atom stereocenters. The number of aliphatic imine (C=N–C) groups is 1. The van der Waals surface area contributed by atoms with Crippen LogP contribution >= 0.6 is 35.3 Å². The molecule has 2 N–H and O–H groups in total. The molecule has 0 aliphatic rings. The molecule has 0 saturated heterocycles. The average Bonchev–Trinajstić information content (AvgIpc) is 3.00. The van der Waals surface area contributed by atoms with Gasteiger partial charge in [-0.3, -0.25) is 4.99 Å². The van der Waals surface area contributed by atoms with Crippen LogP contribution in [0, 0.1) is 6.92 Å². The minimum atomic E-state index is 0. The lowest BCUT2D eigenvalue weighted by atomic mass is 10.1. The Kier molecular flexibility index (Phi) is 9.99. The highest BCUT2D eigenvalue weighted by atomic mass is 127. The number of benzene rings is 1. The number of nitrogens with one attached hydrogen (secondary N) is 2. The second-order valence-electron chi connectivity index (χ2n) is 5.98. The van der Waals surface area contributed by atoms with Gasteiger partial charge in [0.1, 0.15) is 5.01 Å². The molecule has 0 aliphatic heterocycles. The number of rotatable bonds is 7. The smallest absolute Gasteiger partial charge is 0.191 e. The van der Waals surface area contributed by atoms with Crippen molar-refractivity contribution in [1.82, 2.24) is 20.5 Å². The summed E-state index contributed by atoms with van der Waals surface area (Å²) < 4.78 is 0. The Hall–Kier alpha value is -1.19. The first-order chi connectivity index (χ1) is 11.6. The molecule has 5 nitrogen and oxygen atoms in total. The van der Waals surface area contributed by atoms with Gasteiger partial charge in [-0.25, -0.2) is 4.98 Å². The largest absolute Gasteiger partial charge is 0.355 e. The third-order valence-corrected chi connectivity index (χ3v) is 4.76. The molecule has 0 saturated carbocycles. The SMILES string of the molecule is CN=C(NCc1ncc(C)s1)NCC(Cc1ccccc1)N(C)C.I. The molecule has 25 heavy (non-hydrogen) atoms. The van der Waals surface area contributed by atoms with E-state index in [0.29, 0.717) is 12.6 Å². The van der Waals surface area contributed by atoms with Gasteiger partial charge in [-0.05, 0) is 33.0 Å². The Balaban J connectivity index is 0.00000312. The van der Waals surface area contributed by atoms with E-state index in [2.05, 4.69) is 76.9 Å². The molecule has 138 valence electrons. The van der Waals surface area contributed by atoms with Crippen LogP contribution < -0.4 is 10.6 Å². The Labute approximate surface area is 172 Å². The van der Waals surface area contributed by atoms with Gasteiger partial charge in [-0.15, -0.1) is 35.3 Å². The predicted octanol–water partition coefficient (Wildman–Crippen LogP) is 2.91. The van der Waals surface area contributed by atoms with Crippen molar-refractivity contribution in [3.8, 4) is 0 Å². The second-order valence-corrected chi connectivity index (χ2v) is 7.30. The van der Waals surface area contributed by atoms with Crippen molar-refractivity contribution >= 4 is 41.3 Å². The number of likely N-dealkylation sites (N-methyl/N-ethyl adjacent to an activating group) is 1. The molecule has 1 heterocycles. The zero-order valence-corrected chi connectivity index (χ0v) is 18.5. The first-order valence-electron chi connectivity index (χ1n) is 8.14. The molecule has 0 fully saturated rings. The van der Waals surface area contributed by atoms with Crippen LogP contribution in [0.25, 0.3) is 0 Å². The number of hydrogen-bond acceptors (Lipinski definition) is 4. The second kappa shape index (κ2) is 11.4. The van der Waals surface area contributed by atoms with Crippen molar-refractivity contribution in [2.24, 2.45) is 4.99 Å². The van der Waals surface area contributed by atoms with Gasteiger partial charge in [-0.2, -0.15) is 0 Å². The van der Waals surface area contributed by atoms with Gasteiger partial charge in [0.05, 0.1) is 6.54 Å². The fraction of sp³-hybridized carbons (Fsp3) is 0.444. The van der Waals surface area contributed by atoms with E-state index >= 15 is 0 Å². The van der Waals surface area contributed by atoms with Crippen LogP contribution in [0.4, 0.5) is 0 Å². The molecule has 0 amide bonds. The van der Waals surface area contributed by atoms with Crippen molar-refractivity contribution in [1.29, 1.82) is 0 Å². The highest BCUT2D eigenvalue weighted by molar-refractivity contribution is 14.0. The van der Waals surface area contributed by atoms with Gasteiger partial charge in [0.25, 0.3) is 0 Å². The molecule has 2 rings (SSSR count). The summed E-state index contributed by atoms with van der Waals surface area (Å²) in [4.78, 5) is 12.1. The van der Waals surface area contributed by atoms with E-state index in [9.17, 15) is 0 Å². The summed E-state index contributed by atoms with van der Waals surface area (Å²) in [5.74, 6) is 0.808. The number of thiazole rings is 1. The number of hydrogen-bond donors (Lipinski definition) is 2. The van der Waals surface area contributed by atoms with Gasteiger partial charge < -0.3 is 15.5 Å². The van der Waals surface area contributed by atoms with E-state index in [1.165, 1.54) is 10.4 Å². The van der Waals surface area contributed by atoms with Crippen molar-refractivity contribution in [3.63, 3.8) is 0 Å². The molecule has 1 unspecified atom stereocenters.